The lowest BCUT2D eigenvalue weighted by Gasteiger charge is -2.30. The van der Waals surface area contributed by atoms with Gasteiger partial charge in [-0.1, -0.05) is 29.3 Å². The molecule has 0 unspecified atom stereocenters. The molecule has 9 heteroatoms. The van der Waals surface area contributed by atoms with E-state index in [0.717, 1.165) is 0 Å². The third-order valence-corrected chi connectivity index (χ3v) is 4.54. The van der Waals surface area contributed by atoms with Gasteiger partial charge in [-0.15, -0.1) is 0 Å². The summed E-state index contributed by atoms with van der Waals surface area (Å²) in [5.74, 6) is -0.818. The van der Waals surface area contributed by atoms with E-state index < -0.39 is 12.1 Å². The molecule has 0 radical (unpaired) electrons. The molecule has 0 bridgehead atoms. The van der Waals surface area contributed by atoms with Gasteiger partial charge in [0.25, 0.3) is 5.91 Å². The molecule has 7 nitrogen and oxygen atoms in total. The van der Waals surface area contributed by atoms with Crippen LogP contribution in [-0.2, 0) is 9.53 Å². The van der Waals surface area contributed by atoms with E-state index in [2.05, 4.69) is 4.98 Å². The summed E-state index contributed by atoms with van der Waals surface area (Å²) in [5, 5.41) is 9.64. The van der Waals surface area contributed by atoms with Crippen LogP contribution in [0.1, 0.15) is 10.4 Å². The molecule has 1 saturated heterocycles. The highest BCUT2D eigenvalue weighted by molar-refractivity contribution is 6.42. The van der Waals surface area contributed by atoms with E-state index in [1.807, 2.05) is 0 Å². The molecule has 1 amide bonds. The number of carbonyl (C=O) groups is 2. The van der Waals surface area contributed by atoms with Gasteiger partial charge in [-0.25, -0.2) is 9.78 Å². The molecule has 1 aromatic carbocycles. The van der Waals surface area contributed by atoms with E-state index in [9.17, 15) is 9.59 Å². The van der Waals surface area contributed by atoms with E-state index in [4.69, 9.17) is 37.8 Å². The fourth-order valence-corrected chi connectivity index (χ4v) is 2.74. The number of morpholine rings is 1. The van der Waals surface area contributed by atoms with E-state index in [-0.39, 0.29) is 30.0 Å². The minimum absolute atomic E-state index is 0.00938. The van der Waals surface area contributed by atoms with Gasteiger partial charge in [-0.05, 0) is 18.2 Å². The molecule has 0 spiro atoms. The standard InChI is InChI=1S/C17H14Cl2N2O5/c18-11-2-1-3-12(15(11)19)26-14-5-4-10(8-20-14)16(22)21-6-7-25-13(9-21)17(23)24/h1-5,8,13H,6-7,9H2,(H,23,24)/t13-/m1/s1. The molecule has 1 atom stereocenters. The number of pyridine rings is 1. The van der Waals surface area contributed by atoms with Gasteiger partial charge < -0.3 is 19.5 Å². The summed E-state index contributed by atoms with van der Waals surface area (Å²) in [7, 11) is 0. The van der Waals surface area contributed by atoms with Crippen LogP contribution < -0.4 is 4.74 Å². The van der Waals surface area contributed by atoms with Crippen molar-refractivity contribution in [2.45, 2.75) is 6.10 Å². The number of aliphatic carboxylic acids is 1. The van der Waals surface area contributed by atoms with Gasteiger partial charge in [0.1, 0.15) is 10.8 Å². The Kier molecular flexibility index (Phi) is 5.61. The average molecular weight is 397 g/mol. The molecule has 136 valence electrons. The second-order valence-electron chi connectivity index (χ2n) is 5.49. The number of halogens is 2. The largest absolute Gasteiger partial charge is 0.479 e. The maximum atomic E-state index is 12.5. The Morgan fingerprint density at radius 3 is 2.77 bits per heavy atom. The molecular weight excluding hydrogens is 383 g/mol. The molecule has 0 saturated carbocycles. The highest BCUT2D eigenvalue weighted by atomic mass is 35.5. The van der Waals surface area contributed by atoms with Gasteiger partial charge in [-0.3, -0.25) is 4.79 Å². The average Bonchev–Trinajstić information content (AvgIpc) is 2.65. The zero-order valence-corrected chi connectivity index (χ0v) is 14.9. The number of rotatable bonds is 4. The second kappa shape index (κ2) is 7.90. The van der Waals surface area contributed by atoms with Crippen LogP contribution in [0, 0.1) is 0 Å². The van der Waals surface area contributed by atoms with E-state index in [1.54, 1.807) is 24.3 Å². The maximum Gasteiger partial charge on any atom is 0.334 e. The molecule has 1 aliphatic rings. The third kappa shape index (κ3) is 4.07. The monoisotopic (exact) mass is 396 g/mol. The lowest BCUT2D eigenvalue weighted by molar-refractivity contribution is -0.154. The van der Waals surface area contributed by atoms with Gasteiger partial charge in [0.15, 0.2) is 6.10 Å². The van der Waals surface area contributed by atoms with Gasteiger partial charge >= 0.3 is 5.97 Å². The van der Waals surface area contributed by atoms with Crippen LogP contribution in [-0.4, -0.2) is 52.7 Å². The zero-order chi connectivity index (χ0) is 18.7. The highest BCUT2D eigenvalue weighted by Gasteiger charge is 2.29. The Bertz CT molecular complexity index is 828. The Hall–Kier alpha value is -2.35. The fraction of sp³-hybridized carbons (Fsp3) is 0.235. The Morgan fingerprint density at radius 2 is 2.08 bits per heavy atom. The molecule has 3 rings (SSSR count). The van der Waals surface area contributed by atoms with E-state index in [1.165, 1.54) is 17.2 Å². The van der Waals surface area contributed by atoms with Crippen molar-refractivity contribution in [2.24, 2.45) is 0 Å². The summed E-state index contributed by atoms with van der Waals surface area (Å²) in [6.45, 7) is 0.480. The number of ether oxygens (including phenoxy) is 2. The number of carboxylic acids is 1. The molecule has 0 aliphatic carbocycles. The molecule has 1 fully saturated rings. The van der Waals surface area contributed by atoms with Gasteiger partial charge in [0.2, 0.25) is 5.88 Å². The topological polar surface area (TPSA) is 89.0 Å². The SMILES string of the molecule is O=C(O)[C@H]1CN(C(=O)c2ccc(Oc3cccc(Cl)c3Cl)nc2)CCO1. The minimum Gasteiger partial charge on any atom is -0.479 e. The molecule has 1 aromatic heterocycles. The molecule has 2 heterocycles. The predicted molar refractivity (Wildman–Crippen MR) is 94.1 cm³/mol. The minimum atomic E-state index is -1.09. The number of amides is 1. The molecule has 2 aromatic rings. The normalized spacial score (nSPS) is 17.0. The van der Waals surface area contributed by atoms with Crippen molar-refractivity contribution in [2.75, 3.05) is 19.7 Å². The highest BCUT2D eigenvalue weighted by Crippen LogP contribution is 2.34. The summed E-state index contributed by atoms with van der Waals surface area (Å²) in [6, 6.07) is 8.06. The van der Waals surface area contributed by atoms with Crippen molar-refractivity contribution < 1.29 is 24.2 Å². The van der Waals surface area contributed by atoms with Crippen molar-refractivity contribution in [3.63, 3.8) is 0 Å². The first-order chi connectivity index (χ1) is 12.5. The number of carbonyl (C=O) groups excluding carboxylic acids is 1. The number of benzene rings is 1. The van der Waals surface area contributed by atoms with Gasteiger partial charge in [-0.2, -0.15) is 0 Å². The number of aromatic nitrogens is 1. The van der Waals surface area contributed by atoms with E-state index >= 15 is 0 Å². The zero-order valence-electron chi connectivity index (χ0n) is 13.4. The smallest absolute Gasteiger partial charge is 0.334 e. The number of nitrogens with zero attached hydrogens (tertiary/aromatic N) is 2. The quantitative estimate of drug-likeness (QED) is 0.853. The Balaban J connectivity index is 1.70. The molecular formula is C17H14Cl2N2O5. The van der Waals surface area contributed by atoms with Crippen molar-refractivity contribution in [3.8, 4) is 11.6 Å². The van der Waals surface area contributed by atoms with E-state index in [0.29, 0.717) is 22.9 Å². The van der Waals surface area contributed by atoms with Gasteiger partial charge in [0.05, 0.1) is 23.7 Å². The number of hydrogen-bond acceptors (Lipinski definition) is 5. The van der Waals surface area contributed by atoms with Crippen molar-refractivity contribution in [3.05, 3.63) is 52.1 Å². The number of carboxylic acid groups (broad SMARTS) is 1. The van der Waals surface area contributed by atoms with Crippen LogP contribution in [0.4, 0.5) is 0 Å². The Morgan fingerprint density at radius 1 is 1.27 bits per heavy atom. The van der Waals surface area contributed by atoms with Crippen molar-refractivity contribution in [1.82, 2.24) is 9.88 Å². The van der Waals surface area contributed by atoms with Gasteiger partial charge in [0, 0.05) is 18.8 Å². The third-order valence-electron chi connectivity index (χ3n) is 3.74. The molecule has 1 N–H and O–H groups in total. The summed E-state index contributed by atoms with van der Waals surface area (Å²) in [6.07, 6.45) is 0.342. The summed E-state index contributed by atoms with van der Waals surface area (Å²) in [5.41, 5.74) is 0.320. The van der Waals surface area contributed by atoms with Crippen LogP contribution in [0.2, 0.25) is 10.0 Å². The van der Waals surface area contributed by atoms with Crippen LogP contribution in [0.3, 0.4) is 0 Å². The van der Waals surface area contributed by atoms with Crippen LogP contribution in [0.5, 0.6) is 11.6 Å². The summed E-state index contributed by atoms with van der Waals surface area (Å²) in [4.78, 5) is 29.0. The predicted octanol–water partition coefficient (Wildman–Crippen LogP) is 3.11. The molecule has 26 heavy (non-hydrogen) atoms. The first-order valence-corrected chi connectivity index (χ1v) is 8.43. The Labute approximate surface area is 159 Å². The van der Waals surface area contributed by atoms with Crippen LogP contribution >= 0.6 is 23.2 Å². The maximum absolute atomic E-state index is 12.5. The van der Waals surface area contributed by atoms with Crippen LogP contribution in [0.25, 0.3) is 0 Å². The first-order valence-electron chi connectivity index (χ1n) is 7.67. The lowest BCUT2D eigenvalue weighted by Crippen LogP contribution is -2.48. The number of hydrogen-bond donors (Lipinski definition) is 1. The van der Waals surface area contributed by atoms with Crippen molar-refractivity contribution >= 4 is 35.1 Å². The van der Waals surface area contributed by atoms with Crippen LogP contribution in [0.15, 0.2) is 36.5 Å². The first kappa shape index (κ1) is 18.4. The summed E-state index contributed by atoms with van der Waals surface area (Å²) >= 11 is 12.0. The second-order valence-corrected chi connectivity index (χ2v) is 6.27. The fourth-order valence-electron chi connectivity index (χ4n) is 2.41. The lowest BCUT2D eigenvalue weighted by atomic mass is 10.2. The van der Waals surface area contributed by atoms with Crippen molar-refractivity contribution in [1.29, 1.82) is 0 Å². The molecule has 1 aliphatic heterocycles. The summed E-state index contributed by atoms with van der Waals surface area (Å²) < 4.78 is 10.7.